The van der Waals surface area contributed by atoms with Gasteiger partial charge >= 0.3 is 5.97 Å². The number of fused-ring (bicyclic) bond motifs is 1. The number of aromatic nitrogens is 2. The van der Waals surface area contributed by atoms with E-state index < -0.39 is 6.10 Å². The topological polar surface area (TPSA) is 53.4 Å². The van der Waals surface area contributed by atoms with Crippen LogP contribution in [0.4, 0.5) is 0 Å². The number of hydrogen-bond donors (Lipinski definition) is 0. The Morgan fingerprint density at radius 2 is 1.92 bits per heavy atom. The number of carbonyl (C=O) groups is 1. The Hall–Kier alpha value is -2.34. The molecule has 3 rings (SSSR count). The highest BCUT2D eigenvalue weighted by atomic mass is 79.9. The molecule has 136 valence electrons. The third kappa shape index (κ3) is 4.43. The second kappa shape index (κ2) is 8.36. The largest absolute Gasteiger partial charge is 0.490 e. The first kappa shape index (κ1) is 18.5. The second-order valence-corrected chi connectivity index (χ2v) is 6.89. The van der Waals surface area contributed by atoms with E-state index in [-0.39, 0.29) is 12.6 Å². The zero-order valence-electron chi connectivity index (χ0n) is 14.8. The van der Waals surface area contributed by atoms with Crippen molar-refractivity contribution >= 4 is 32.9 Å². The summed E-state index contributed by atoms with van der Waals surface area (Å²) in [7, 11) is 0. The van der Waals surface area contributed by atoms with Gasteiger partial charge in [0.1, 0.15) is 18.2 Å². The lowest BCUT2D eigenvalue weighted by Crippen LogP contribution is -2.29. The zero-order chi connectivity index (χ0) is 18.5. The van der Waals surface area contributed by atoms with Gasteiger partial charge in [0.15, 0.2) is 6.10 Å². The van der Waals surface area contributed by atoms with Crippen molar-refractivity contribution in [3.8, 4) is 5.75 Å². The van der Waals surface area contributed by atoms with Crippen LogP contribution in [0.15, 0.2) is 53.0 Å². The van der Waals surface area contributed by atoms with E-state index >= 15 is 0 Å². The number of carbonyl (C=O) groups excluding carboxylic acids is 1. The molecular formula is C20H21BrN2O3. The van der Waals surface area contributed by atoms with Crippen LogP contribution in [0.5, 0.6) is 5.75 Å². The SMILES string of the molecule is CCc1nc2ccccc2n1C[C@@H](COc1ccc(Br)cc1)OC(C)=O. The van der Waals surface area contributed by atoms with E-state index in [1.807, 2.05) is 48.5 Å². The minimum Gasteiger partial charge on any atom is -0.490 e. The summed E-state index contributed by atoms with van der Waals surface area (Å²) < 4.78 is 14.4. The van der Waals surface area contributed by atoms with Crippen LogP contribution in [-0.4, -0.2) is 28.2 Å². The van der Waals surface area contributed by atoms with Crippen LogP contribution in [0.1, 0.15) is 19.7 Å². The predicted octanol–water partition coefficient (Wildman–Crippen LogP) is 4.37. The molecule has 0 aliphatic carbocycles. The Morgan fingerprint density at radius 1 is 1.19 bits per heavy atom. The molecule has 1 aromatic heterocycles. The summed E-state index contributed by atoms with van der Waals surface area (Å²) in [6.07, 6.45) is 0.397. The van der Waals surface area contributed by atoms with Crippen molar-refractivity contribution in [2.75, 3.05) is 6.61 Å². The zero-order valence-corrected chi connectivity index (χ0v) is 16.4. The van der Waals surface area contributed by atoms with Gasteiger partial charge < -0.3 is 14.0 Å². The average molecular weight is 417 g/mol. The van der Waals surface area contributed by atoms with Gasteiger partial charge in [0, 0.05) is 17.8 Å². The highest BCUT2D eigenvalue weighted by molar-refractivity contribution is 9.10. The summed E-state index contributed by atoms with van der Waals surface area (Å²) in [6.45, 7) is 4.26. The maximum Gasteiger partial charge on any atom is 0.303 e. The van der Waals surface area contributed by atoms with Gasteiger partial charge in [0.2, 0.25) is 0 Å². The minimum absolute atomic E-state index is 0.275. The number of hydrogen-bond acceptors (Lipinski definition) is 4. The maximum atomic E-state index is 11.5. The quantitative estimate of drug-likeness (QED) is 0.536. The summed E-state index contributed by atoms with van der Waals surface area (Å²) in [4.78, 5) is 16.2. The third-order valence-corrected chi connectivity index (χ3v) is 4.55. The van der Waals surface area contributed by atoms with Gasteiger partial charge in [-0.3, -0.25) is 4.79 Å². The summed E-state index contributed by atoms with van der Waals surface area (Å²) in [5.41, 5.74) is 1.98. The highest BCUT2D eigenvalue weighted by Gasteiger charge is 2.18. The third-order valence-electron chi connectivity index (χ3n) is 4.02. The number of imidazole rings is 1. The number of esters is 1. The number of aryl methyl sites for hydroxylation is 1. The van der Waals surface area contributed by atoms with E-state index in [0.29, 0.717) is 6.54 Å². The van der Waals surface area contributed by atoms with Crippen molar-refractivity contribution < 1.29 is 14.3 Å². The number of benzene rings is 2. The first-order valence-electron chi connectivity index (χ1n) is 8.56. The van der Waals surface area contributed by atoms with Gasteiger partial charge in [-0.05, 0) is 36.4 Å². The van der Waals surface area contributed by atoms with Crippen molar-refractivity contribution in [3.05, 3.63) is 58.8 Å². The van der Waals surface area contributed by atoms with Gasteiger partial charge in [0.25, 0.3) is 0 Å². The van der Waals surface area contributed by atoms with E-state index in [9.17, 15) is 4.79 Å². The Bertz CT molecular complexity index is 890. The lowest BCUT2D eigenvalue weighted by Gasteiger charge is -2.20. The molecule has 0 fully saturated rings. The molecule has 0 saturated heterocycles. The molecule has 26 heavy (non-hydrogen) atoms. The van der Waals surface area contributed by atoms with E-state index in [4.69, 9.17) is 9.47 Å². The molecule has 0 spiro atoms. The van der Waals surface area contributed by atoms with E-state index in [1.54, 1.807) is 0 Å². The first-order chi connectivity index (χ1) is 12.6. The Balaban J connectivity index is 1.80. The number of rotatable bonds is 7. The molecule has 0 N–H and O–H groups in total. The van der Waals surface area contributed by atoms with Crippen LogP contribution in [0.2, 0.25) is 0 Å². The van der Waals surface area contributed by atoms with Gasteiger partial charge in [-0.15, -0.1) is 0 Å². The smallest absolute Gasteiger partial charge is 0.303 e. The fourth-order valence-electron chi connectivity index (χ4n) is 2.88. The average Bonchev–Trinajstić information content (AvgIpc) is 2.98. The summed E-state index contributed by atoms with van der Waals surface area (Å²) in [6, 6.07) is 15.5. The second-order valence-electron chi connectivity index (χ2n) is 5.98. The number of ether oxygens (including phenoxy) is 2. The lowest BCUT2D eigenvalue weighted by molar-refractivity contribution is -0.148. The fraction of sp³-hybridized carbons (Fsp3) is 0.300. The molecule has 6 heteroatoms. The molecule has 0 unspecified atom stereocenters. The van der Waals surface area contributed by atoms with Crippen LogP contribution < -0.4 is 4.74 Å². The van der Waals surface area contributed by atoms with Crippen LogP contribution in [-0.2, 0) is 22.5 Å². The lowest BCUT2D eigenvalue weighted by atomic mass is 10.3. The highest BCUT2D eigenvalue weighted by Crippen LogP contribution is 2.19. The molecule has 1 heterocycles. The van der Waals surface area contributed by atoms with E-state index in [1.165, 1.54) is 6.92 Å². The van der Waals surface area contributed by atoms with Gasteiger partial charge in [-0.25, -0.2) is 4.98 Å². The summed E-state index contributed by atoms with van der Waals surface area (Å²) >= 11 is 3.40. The van der Waals surface area contributed by atoms with Crippen molar-refractivity contribution in [1.82, 2.24) is 9.55 Å². The molecule has 5 nitrogen and oxygen atoms in total. The Morgan fingerprint density at radius 3 is 2.62 bits per heavy atom. The molecule has 0 aliphatic rings. The van der Waals surface area contributed by atoms with Crippen LogP contribution >= 0.6 is 15.9 Å². The van der Waals surface area contributed by atoms with Crippen molar-refractivity contribution in [2.45, 2.75) is 32.9 Å². The molecular weight excluding hydrogens is 396 g/mol. The number of halogens is 1. The molecule has 1 atom stereocenters. The first-order valence-corrected chi connectivity index (χ1v) is 9.36. The van der Waals surface area contributed by atoms with Crippen molar-refractivity contribution in [2.24, 2.45) is 0 Å². The Labute approximate surface area is 161 Å². The molecule has 0 bridgehead atoms. The van der Waals surface area contributed by atoms with E-state index in [0.717, 1.165) is 33.5 Å². The molecule has 3 aromatic rings. The standard InChI is InChI=1S/C20H21BrN2O3/c1-3-20-22-18-6-4-5-7-19(18)23(20)12-17(26-14(2)24)13-25-16-10-8-15(21)9-11-16/h4-11,17H,3,12-13H2,1-2H3/t17-/m0/s1. The number of nitrogens with zero attached hydrogens (tertiary/aromatic N) is 2. The van der Waals surface area contributed by atoms with Crippen molar-refractivity contribution in [1.29, 1.82) is 0 Å². The van der Waals surface area contributed by atoms with Gasteiger partial charge in [-0.2, -0.15) is 0 Å². The summed E-state index contributed by atoms with van der Waals surface area (Å²) in [5.74, 6) is 1.38. The van der Waals surface area contributed by atoms with Crippen LogP contribution in [0.3, 0.4) is 0 Å². The fourth-order valence-corrected chi connectivity index (χ4v) is 3.15. The maximum absolute atomic E-state index is 11.5. The molecule has 0 radical (unpaired) electrons. The summed E-state index contributed by atoms with van der Waals surface area (Å²) in [5, 5.41) is 0. The van der Waals surface area contributed by atoms with Crippen LogP contribution in [0.25, 0.3) is 11.0 Å². The van der Waals surface area contributed by atoms with Crippen molar-refractivity contribution in [3.63, 3.8) is 0 Å². The van der Waals surface area contributed by atoms with E-state index in [2.05, 4.69) is 32.4 Å². The molecule has 2 aromatic carbocycles. The molecule has 0 aliphatic heterocycles. The van der Waals surface area contributed by atoms with Gasteiger partial charge in [0.05, 0.1) is 17.6 Å². The van der Waals surface area contributed by atoms with Crippen LogP contribution in [0, 0.1) is 0 Å². The Kier molecular flexibility index (Phi) is 5.93. The predicted molar refractivity (Wildman–Crippen MR) is 104 cm³/mol. The molecule has 0 saturated carbocycles. The molecule has 0 amide bonds. The minimum atomic E-state index is -0.404. The number of para-hydroxylation sites is 2. The van der Waals surface area contributed by atoms with Gasteiger partial charge in [-0.1, -0.05) is 35.0 Å². The monoisotopic (exact) mass is 416 g/mol. The normalized spacial score (nSPS) is 12.1.